The quantitative estimate of drug-likeness (QED) is 0.739. The smallest absolute Gasteiger partial charge is 0.321 e. The Morgan fingerprint density at radius 2 is 1.78 bits per heavy atom. The lowest BCUT2D eigenvalue weighted by Gasteiger charge is -2.56. The number of imide groups is 1. The zero-order valence-electron chi connectivity index (χ0n) is 16.0. The molecule has 7 nitrogen and oxygen atoms in total. The number of carbonyl (C=O) groups excluding carboxylic acids is 2. The first-order chi connectivity index (χ1) is 12.9. The Balaban J connectivity index is 1.30. The van der Waals surface area contributed by atoms with E-state index in [0.29, 0.717) is 11.6 Å². The Morgan fingerprint density at radius 3 is 2.30 bits per heavy atom. The molecule has 3 N–H and O–H groups in total. The zero-order valence-corrected chi connectivity index (χ0v) is 16.0. The minimum Gasteiger partial charge on any atom is -0.481 e. The van der Waals surface area contributed by atoms with Crippen LogP contribution in [0.5, 0.6) is 5.88 Å². The molecule has 0 aromatic carbocycles. The molecule has 5 rings (SSSR count). The Hall–Kier alpha value is -2.31. The van der Waals surface area contributed by atoms with E-state index in [1.807, 2.05) is 0 Å². The van der Waals surface area contributed by atoms with Crippen molar-refractivity contribution < 1.29 is 14.3 Å². The van der Waals surface area contributed by atoms with Gasteiger partial charge in [-0.2, -0.15) is 0 Å². The molecule has 4 aliphatic carbocycles. The van der Waals surface area contributed by atoms with Crippen molar-refractivity contribution in [3.63, 3.8) is 0 Å². The van der Waals surface area contributed by atoms with Crippen LogP contribution in [0, 0.1) is 17.8 Å². The van der Waals surface area contributed by atoms with E-state index in [1.54, 1.807) is 32.4 Å². The second-order valence-corrected chi connectivity index (χ2v) is 8.60. The number of methoxy groups -OCH3 is 1. The molecule has 0 aliphatic heterocycles. The van der Waals surface area contributed by atoms with Crippen molar-refractivity contribution in [3.8, 4) is 5.88 Å². The maximum absolute atomic E-state index is 12.5. The highest BCUT2D eigenvalue weighted by atomic mass is 16.5. The molecule has 4 bridgehead atoms. The number of carbonyl (C=O) groups is 2. The summed E-state index contributed by atoms with van der Waals surface area (Å²) in [6.45, 7) is 1.72. The van der Waals surface area contributed by atoms with Gasteiger partial charge in [0.1, 0.15) is 6.04 Å². The molecule has 146 valence electrons. The summed E-state index contributed by atoms with van der Waals surface area (Å²) in [5.74, 6) is 2.39. The third kappa shape index (κ3) is 3.87. The monoisotopic (exact) mass is 372 g/mol. The fourth-order valence-electron chi connectivity index (χ4n) is 5.66. The Labute approximate surface area is 159 Å². The van der Waals surface area contributed by atoms with Gasteiger partial charge in [0.2, 0.25) is 11.8 Å². The number of amides is 3. The highest BCUT2D eigenvalue weighted by molar-refractivity contribution is 5.98. The van der Waals surface area contributed by atoms with Crippen LogP contribution < -0.4 is 20.7 Å². The number of aromatic nitrogens is 1. The summed E-state index contributed by atoms with van der Waals surface area (Å²) in [4.78, 5) is 29.0. The zero-order chi connectivity index (χ0) is 19.0. The maximum Gasteiger partial charge on any atom is 0.321 e. The predicted molar refractivity (Wildman–Crippen MR) is 101 cm³/mol. The summed E-state index contributed by atoms with van der Waals surface area (Å²) >= 11 is 0. The number of hydrogen-bond donors (Lipinski definition) is 3. The van der Waals surface area contributed by atoms with Crippen LogP contribution in [-0.2, 0) is 4.79 Å². The summed E-state index contributed by atoms with van der Waals surface area (Å²) in [6, 6.07) is 2.57. The number of nitrogens with zero attached hydrogens (tertiary/aromatic N) is 1. The second kappa shape index (κ2) is 7.02. The van der Waals surface area contributed by atoms with Crippen molar-refractivity contribution in [1.29, 1.82) is 0 Å². The average molecular weight is 372 g/mol. The van der Waals surface area contributed by atoms with Gasteiger partial charge in [-0.15, -0.1) is 0 Å². The lowest BCUT2D eigenvalue weighted by molar-refractivity contribution is -0.120. The second-order valence-electron chi connectivity index (χ2n) is 8.60. The van der Waals surface area contributed by atoms with Gasteiger partial charge in [0.15, 0.2) is 0 Å². The van der Waals surface area contributed by atoms with Crippen molar-refractivity contribution in [3.05, 3.63) is 18.3 Å². The van der Waals surface area contributed by atoms with Crippen molar-refractivity contribution >= 4 is 17.6 Å². The Kier molecular flexibility index (Phi) is 4.70. The molecule has 4 saturated carbocycles. The number of nitrogens with one attached hydrogen (secondary N) is 3. The van der Waals surface area contributed by atoms with Crippen LogP contribution in [0.1, 0.15) is 45.4 Å². The third-order valence-electron chi connectivity index (χ3n) is 6.38. The van der Waals surface area contributed by atoms with Crippen molar-refractivity contribution in [2.24, 2.45) is 17.8 Å². The molecule has 7 heteroatoms. The number of pyridine rings is 1. The third-order valence-corrected chi connectivity index (χ3v) is 6.38. The van der Waals surface area contributed by atoms with Gasteiger partial charge < -0.3 is 15.4 Å². The molecule has 4 fully saturated rings. The van der Waals surface area contributed by atoms with E-state index in [4.69, 9.17) is 4.74 Å². The fourth-order valence-corrected chi connectivity index (χ4v) is 5.66. The van der Waals surface area contributed by atoms with E-state index in [2.05, 4.69) is 20.9 Å². The Bertz CT molecular complexity index is 683. The number of rotatable bonds is 5. The number of hydrogen-bond acceptors (Lipinski definition) is 5. The normalized spacial score (nSPS) is 31.9. The number of urea groups is 1. The average Bonchev–Trinajstić information content (AvgIpc) is 2.60. The summed E-state index contributed by atoms with van der Waals surface area (Å²) in [6.07, 6.45) is 8.73. The summed E-state index contributed by atoms with van der Waals surface area (Å²) in [7, 11) is 1.55. The van der Waals surface area contributed by atoms with Crippen molar-refractivity contribution in [2.45, 2.75) is 57.0 Å². The highest BCUT2D eigenvalue weighted by Gasteiger charge is 2.51. The van der Waals surface area contributed by atoms with Crippen LogP contribution in [0.3, 0.4) is 0 Å². The standard InChI is InChI=1S/C20H28N4O3/c1-12(22-16-3-4-17(27-2)21-11-16)18(25)23-19(26)24-20-8-13-5-14(9-20)7-15(6-13)10-20/h3-4,11-15,22H,5-10H2,1-2H3,(H2,23,24,25,26). The summed E-state index contributed by atoms with van der Waals surface area (Å²) in [5.41, 5.74) is 0.593. The SMILES string of the molecule is COc1ccc(NC(C)C(=O)NC(=O)NC23CC4CC(CC(C4)C2)C3)cn1. The van der Waals surface area contributed by atoms with Gasteiger partial charge in [-0.1, -0.05) is 0 Å². The van der Waals surface area contributed by atoms with Gasteiger partial charge in [-0.3, -0.25) is 10.1 Å². The van der Waals surface area contributed by atoms with Gasteiger partial charge in [-0.25, -0.2) is 9.78 Å². The lowest BCUT2D eigenvalue weighted by atomic mass is 9.53. The minimum absolute atomic E-state index is 0.102. The molecular formula is C20H28N4O3. The first kappa shape index (κ1) is 18.1. The molecule has 3 amide bonds. The summed E-state index contributed by atoms with van der Waals surface area (Å²) < 4.78 is 5.02. The number of anilines is 1. The van der Waals surface area contributed by atoms with Crippen LogP contribution in [0.25, 0.3) is 0 Å². The van der Waals surface area contributed by atoms with E-state index in [1.165, 1.54) is 19.3 Å². The van der Waals surface area contributed by atoms with Gasteiger partial charge in [0, 0.05) is 11.6 Å². The van der Waals surface area contributed by atoms with Crippen LogP contribution in [-0.4, -0.2) is 35.6 Å². The van der Waals surface area contributed by atoms with Gasteiger partial charge in [0.25, 0.3) is 0 Å². The van der Waals surface area contributed by atoms with E-state index in [9.17, 15) is 9.59 Å². The molecule has 1 aromatic rings. The van der Waals surface area contributed by atoms with Crippen LogP contribution in [0.4, 0.5) is 10.5 Å². The largest absolute Gasteiger partial charge is 0.481 e. The van der Waals surface area contributed by atoms with E-state index in [0.717, 1.165) is 37.0 Å². The molecule has 4 aliphatic rings. The van der Waals surface area contributed by atoms with Crippen molar-refractivity contribution in [2.75, 3.05) is 12.4 Å². The Morgan fingerprint density at radius 1 is 1.15 bits per heavy atom. The van der Waals surface area contributed by atoms with Gasteiger partial charge >= 0.3 is 6.03 Å². The molecular weight excluding hydrogens is 344 g/mol. The molecule has 0 saturated heterocycles. The number of ether oxygens (including phenoxy) is 1. The molecule has 27 heavy (non-hydrogen) atoms. The molecule has 1 unspecified atom stereocenters. The van der Waals surface area contributed by atoms with E-state index < -0.39 is 6.04 Å². The van der Waals surface area contributed by atoms with Crippen LogP contribution >= 0.6 is 0 Å². The van der Waals surface area contributed by atoms with Gasteiger partial charge in [-0.05, 0) is 69.3 Å². The van der Waals surface area contributed by atoms with Crippen LogP contribution in [0.2, 0.25) is 0 Å². The molecule has 1 heterocycles. The fraction of sp³-hybridized carbons (Fsp3) is 0.650. The summed E-state index contributed by atoms with van der Waals surface area (Å²) in [5, 5.41) is 8.71. The molecule has 1 atom stereocenters. The van der Waals surface area contributed by atoms with E-state index in [-0.39, 0.29) is 17.5 Å². The van der Waals surface area contributed by atoms with Crippen LogP contribution in [0.15, 0.2) is 18.3 Å². The molecule has 0 radical (unpaired) electrons. The molecule has 0 spiro atoms. The van der Waals surface area contributed by atoms with Crippen molar-refractivity contribution in [1.82, 2.24) is 15.6 Å². The minimum atomic E-state index is -0.553. The first-order valence-corrected chi connectivity index (χ1v) is 9.84. The van der Waals surface area contributed by atoms with Gasteiger partial charge in [0.05, 0.1) is 19.0 Å². The maximum atomic E-state index is 12.5. The van der Waals surface area contributed by atoms with E-state index >= 15 is 0 Å². The predicted octanol–water partition coefficient (Wildman–Crippen LogP) is 2.69. The molecule has 1 aromatic heterocycles. The first-order valence-electron chi connectivity index (χ1n) is 9.84. The lowest BCUT2D eigenvalue weighted by Crippen LogP contribution is -2.62. The highest BCUT2D eigenvalue weighted by Crippen LogP contribution is 2.55. The topological polar surface area (TPSA) is 92.4 Å².